The van der Waals surface area contributed by atoms with E-state index in [-0.39, 0.29) is 34.2 Å². The van der Waals surface area contributed by atoms with Gasteiger partial charge in [0.25, 0.3) is 10.0 Å². The molecule has 2 rings (SSSR count). The normalized spacial score (nSPS) is 11.5. The summed E-state index contributed by atoms with van der Waals surface area (Å²) in [5, 5.41) is 1.76. The van der Waals surface area contributed by atoms with Crippen LogP contribution in [0.1, 0.15) is 0 Å². The second kappa shape index (κ2) is 7.69. The summed E-state index contributed by atoms with van der Waals surface area (Å²) in [5.41, 5.74) is -2.18. The molecule has 2 N–H and O–H groups in total. The van der Waals surface area contributed by atoms with Crippen LogP contribution in [0, 0.1) is 0 Å². The number of carbonyl (C=O) groups excluding carboxylic acids is 1. The maximum Gasteiger partial charge on any atom is 0.573 e. The van der Waals surface area contributed by atoms with Gasteiger partial charge >= 0.3 is 23.8 Å². The number of amides is 1. The Morgan fingerprint density at radius 3 is 2.31 bits per heavy atom. The van der Waals surface area contributed by atoms with E-state index in [1.807, 2.05) is 0 Å². The Hall–Kier alpha value is -2.03. The van der Waals surface area contributed by atoms with Gasteiger partial charge in [0, 0.05) is 36.6 Å². The number of hydrogen-bond donors (Lipinski definition) is 2. The van der Waals surface area contributed by atoms with Crippen LogP contribution in [0.2, 0.25) is 0 Å². The molecule has 0 aliphatic carbocycles. The molecule has 1 heterocycles. The third-order valence-corrected chi connectivity index (χ3v) is 4.14. The first-order chi connectivity index (χ1) is 11.4. The zero-order valence-electron chi connectivity index (χ0n) is 13.2. The van der Waals surface area contributed by atoms with Crippen LogP contribution < -0.4 is 20.8 Å². The molecule has 1 amide bonds. The first-order valence-electron chi connectivity index (χ1n) is 6.22. The number of benzene rings is 1. The van der Waals surface area contributed by atoms with Crippen LogP contribution in [0.15, 0.2) is 38.8 Å². The number of nitrogens with zero attached hydrogens (tertiary/aromatic N) is 2. The molecule has 1 aromatic heterocycles. The summed E-state index contributed by atoms with van der Waals surface area (Å²) in [6.45, 7) is 0. The van der Waals surface area contributed by atoms with Crippen molar-refractivity contribution >= 4 is 45.6 Å². The summed E-state index contributed by atoms with van der Waals surface area (Å²) in [6, 6.07) is 2.07. The van der Waals surface area contributed by atoms with Crippen LogP contribution in [-0.2, 0) is 17.1 Å². The molecular weight excluding hydrogens is 396 g/mol. The number of aromatic amines is 1. The van der Waals surface area contributed by atoms with Gasteiger partial charge in [0.05, 0.1) is 0 Å². The fourth-order valence-corrected chi connectivity index (χ4v) is 2.75. The van der Waals surface area contributed by atoms with Gasteiger partial charge in [0.2, 0.25) is 0 Å². The number of nitrogens with one attached hydrogen (secondary N) is 2. The van der Waals surface area contributed by atoms with Crippen LogP contribution in [0.25, 0.3) is 0 Å². The molecule has 0 bridgehead atoms. The summed E-state index contributed by atoms with van der Waals surface area (Å²) in [7, 11) is -3.83. The second-order valence-corrected chi connectivity index (χ2v) is 6.15. The second-order valence-electron chi connectivity index (χ2n) is 4.50. The van der Waals surface area contributed by atoms with E-state index in [2.05, 4.69) is 4.74 Å². The molecule has 0 saturated heterocycles. The van der Waals surface area contributed by atoms with Crippen molar-refractivity contribution in [1.29, 1.82) is 0 Å². The molecule has 0 atom stereocenters. The molecule has 1 radical (unpaired) electrons. The van der Waals surface area contributed by atoms with E-state index in [9.17, 15) is 36.0 Å². The molecule has 0 aliphatic heterocycles. The maximum atomic E-state index is 12.3. The minimum atomic E-state index is -5.17. The predicted molar refractivity (Wildman–Crippen MR) is 80.3 cm³/mol. The molecule has 26 heavy (non-hydrogen) atoms. The summed E-state index contributed by atoms with van der Waals surface area (Å²) in [4.78, 5) is 33.6. The zero-order chi connectivity index (χ0) is 19.0. The van der Waals surface area contributed by atoms with Crippen molar-refractivity contribution in [3.8, 4) is 5.75 Å². The van der Waals surface area contributed by atoms with Gasteiger partial charge in [-0.15, -0.1) is 17.9 Å². The number of hydrogen-bond acceptors (Lipinski definition) is 6. The molecule has 15 heteroatoms. The van der Waals surface area contributed by atoms with Crippen molar-refractivity contribution in [2.24, 2.45) is 7.05 Å². The molecule has 0 saturated carbocycles. The predicted octanol–water partition coefficient (Wildman–Crippen LogP) is -0.661. The minimum absolute atomic E-state index is 0. The van der Waals surface area contributed by atoms with E-state index in [1.54, 1.807) is 5.10 Å². The van der Waals surface area contributed by atoms with Gasteiger partial charge in [-0.2, -0.15) is 0 Å². The van der Waals surface area contributed by atoms with Gasteiger partial charge in [0.15, 0.2) is 0 Å². The van der Waals surface area contributed by atoms with E-state index >= 15 is 0 Å². The van der Waals surface area contributed by atoms with Gasteiger partial charge in [-0.05, 0) is 12.1 Å². The monoisotopic (exact) mass is 405 g/mol. The average molecular weight is 405 g/mol. The van der Waals surface area contributed by atoms with Gasteiger partial charge in [-0.1, -0.05) is 12.1 Å². The number of H-pyrrole nitrogens is 1. The standard InChI is InChI=1S/C11H9F3N4O6S.Na/c1-17-8(19)15-18(10(17)21)9(20)16-25(22,23)7-5-3-2-4-6(7)24-11(12,13)14;/h2-5H,1H3,(H,15,19)(H,16,20);. The zero-order valence-corrected chi connectivity index (χ0v) is 16.0. The van der Waals surface area contributed by atoms with E-state index in [0.29, 0.717) is 4.57 Å². The number of rotatable bonds is 3. The van der Waals surface area contributed by atoms with Crippen molar-refractivity contribution in [2.75, 3.05) is 0 Å². The fraction of sp³-hybridized carbons (Fsp3) is 0.182. The SMILES string of the molecule is Cn1c(=O)[nH]n(C(=O)NS(=O)(=O)c2ccccc2OC(F)(F)F)c1=O.[Na]. The largest absolute Gasteiger partial charge is 0.573 e. The van der Waals surface area contributed by atoms with E-state index < -0.39 is 44.4 Å². The molecular formula is C11H9F3N4NaO6S. The molecule has 0 aliphatic rings. The first-order valence-corrected chi connectivity index (χ1v) is 7.70. The smallest absolute Gasteiger partial charge is 0.404 e. The topological polar surface area (TPSA) is 132 Å². The minimum Gasteiger partial charge on any atom is -0.404 e. The quantitative estimate of drug-likeness (QED) is 0.652. The third-order valence-electron chi connectivity index (χ3n) is 2.78. The van der Waals surface area contributed by atoms with Crippen LogP contribution in [-0.4, -0.2) is 64.7 Å². The van der Waals surface area contributed by atoms with Crippen molar-refractivity contribution in [3.63, 3.8) is 0 Å². The van der Waals surface area contributed by atoms with E-state index in [1.165, 1.54) is 4.72 Å². The third kappa shape index (κ3) is 4.78. The molecule has 10 nitrogen and oxygen atoms in total. The summed E-state index contributed by atoms with van der Waals surface area (Å²) in [5.74, 6) is -1.08. The van der Waals surface area contributed by atoms with Crippen molar-refractivity contribution in [1.82, 2.24) is 19.1 Å². The van der Waals surface area contributed by atoms with Crippen molar-refractivity contribution in [3.05, 3.63) is 45.2 Å². The number of ether oxygens (including phenoxy) is 1. The number of aromatic nitrogens is 3. The molecule has 137 valence electrons. The molecule has 1 aromatic carbocycles. The molecule has 0 unspecified atom stereocenters. The summed E-state index contributed by atoms with van der Waals surface area (Å²) in [6.07, 6.45) is -5.17. The van der Waals surface area contributed by atoms with Gasteiger partial charge in [-0.25, -0.2) is 37.2 Å². The van der Waals surface area contributed by atoms with Crippen LogP contribution in [0.3, 0.4) is 0 Å². The Morgan fingerprint density at radius 1 is 1.23 bits per heavy atom. The Labute approximate surface area is 164 Å². The van der Waals surface area contributed by atoms with Crippen LogP contribution >= 0.6 is 0 Å². The molecule has 2 aromatic rings. The average Bonchev–Trinajstić information content (AvgIpc) is 2.73. The van der Waals surface area contributed by atoms with E-state index in [0.717, 1.165) is 31.3 Å². The van der Waals surface area contributed by atoms with Crippen molar-refractivity contribution in [2.45, 2.75) is 11.3 Å². The number of para-hydroxylation sites is 1. The van der Waals surface area contributed by atoms with Gasteiger partial charge < -0.3 is 4.74 Å². The Balaban J connectivity index is 0.00000338. The number of halogens is 3. The van der Waals surface area contributed by atoms with E-state index in [4.69, 9.17) is 0 Å². The van der Waals surface area contributed by atoms with Gasteiger partial charge in [-0.3, -0.25) is 0 Å². The Bertz CT molecular complexity index is 1040. The Morgan fingerprint density at radius 2 is 1.81 bits per heavy atom. The first kappa shape index (κ1) is 22.0. The number of carbonyl (C=O) groups is 1. The number of alkyl halides is 3. The molecule has 0 spiro atoms. The number of sulfonamides is 1. The van der Waals surface area contributed by atoms with Crippen molar-refractivity contribution < 1.29 is 31.1 Å². The van der Waals surface area contributed by atoms with Crippen LogP contribution in [0.4, 0.5) is 18.0 Å². The molecule has 0 fully saturated rings. The summed E-state index contributed by atoms with van der Waals surface area (Å²) < 4.78 is 66.8. The maximum absolute atomic E-state index is 12.3. The van der Waals surface area contributed by atoms with Crippen LogP contribution in [0.5, 0.6) is 5.75 Å². The fourth-order valence-electron chi connectivity index (χ4n) is 1.69. The summed E-state index contributed by atoms with van der Waals surface area (Å²) >= 11 is 0. The Kier molecular flexibility index (Phi) is 6.51. The van der Waals surface area contributed by atoms with Gasteiger partial charge in [0.1, 0.15) is 10.6 Å².